The summed E-state index contributed by atoms with van der Waals surface area (Å²) >= 11 is 0. The molecule has 0 amide bonds. The molecule has 66 valence electrons. The summed E-state index contributed by atoms with van der Waals surface area (Å²) in [6.07, 6.45) is 1.81. The number of hydrogen-bond donors (Lipinski definition) is 2. The summed E-state index contributed by atoms with van der Waals surface area (Å²) in [7, 11) is 0. The lowest BCUT2D eigenvalue weighted by molar-refractivity contribution is 1.10. The summed E-state index contributed by atoms with van der Waals surface area (Å²) in [6, 6.07) is 8.01. The monoisotopic (exact) mass is 173 g/mol. The third-order valence-electron chi connectivity index (χ3n) is 1.88. The first kappa shape index (κ1) is 7.86. The van der Waals surface area contributed by atoms with Crippen molar-refractivity contribution in [3.63, 3.8) is 0 Å². The van der Waals surface area contributed by atoms with Gasteiger partial charge in [0.1, 0.15) is 0 Å². The van der Waals surface area contributed by atoms with Crippen molar-refractivity contribution in [2.75, 3.05) is 11.9 Å². The van der Waals surface area contributed by atoms with Crippen molar-refractivity contribution < 1.29 is 0 Å². The zero-order valence-corrected chi connectivity index (χ0v) is 7.25. The van der Waals surface area contributed by atoms with Crippen molar-refractivity contribution in [2.45, 2.75) is 0 Å². The van der Waals surface area contributed by atoms with E-state index in [9.17, 15) is 0 Å². The molecule has 3 heteroatoms. The molecule has 0 aliphatic heterocycles. The second-order valence-electron chi connectivity index (χ2n) is 2.79. The van der Waals surface area contributed by atoms with Gasteiger partial charge < -0.3 is 5.32 Å². The molecule has 1 aromatic heterocycles. The Bertz CT molecular complexity index is 417. The number of fused-ring (bicyclic) bond motifs is 1. The predicted molar refractivity (Wildman–Crippen MR) is 54.8 cm³/mol. The maximum absolute atomic E-state index is 4.15. The Kier molecular flexibility index (Phi) is 2.00. The molecule has 2 aromatic rings. The number of nitrogens with one attached hydrogen (secondary N) is 2. The molecule has 1 heterocycles. The van der Waals surface area contributed by atoms with Crippen molar-refractivity contribution in [1.29, 1.82) is 0 Å². The normalized spacial score (nSPS) is 10.2. The lowest BCUT2D eigenvalue weighted by Gasteiger charge is -1.97. The second-order valence-corrected chi connectivity index (χ2v) is 2.79. The van der Waals surface area contributed by atoms with E-state index in [1.54, 1.807) is 0 Å². The number of para-hydroxylation sites is 1. The molecule has 2 rings (SSSR count). The second kappa shape index (κ2) is 3.31. The fourth-order valence-corrected chi connectivity index (χ4v) is 1.27. The highest BCUT2D eigenvalue weighted by atomic mass is 15.2. The fourth-order valence-electron chi connectivity index (χ4n) is 1.27. The van der Waals surface area contributed by atoms with E-state index in [1.165, 1.54) is 0 Å². The highest BCUT2D eigenvalue weighted by Crippen LogP contribution is 2.18. The molecule has 0 radical (unpaired) electrons. The highest BCUT2D eigenvalue weighted by Gasteiger charge is 2.01. The average molecular weight is 173 g/mol. The Morgan fingerprint density at radius 1 is 1.46 bits per heavy atom. The number of benzene rings is 1. The Labute approximate surface area is 76.5 Å². The van der Waals surface area contributed by atoms with Crippen LogP contribution in [0.3, 0.4) is 0 Å². The summed E-state index contributed by atoms with van der Waals surface area (Å²) in [5.74, 6) is 0.885. The molecule has 0 atom stereocenters. The summed E-state index contributed by atoms with van der Waals surface area (Å²) in [6.45, 7) is 4.37. The van der Waals surface area contributed by atoms with Gasteiger partial charge in [0.2, 0.25) is 0 Å². The Hall–Kier alpha value is -1.77. The summed E-state index contributed by atoms with van der Waals surface area (Å²) < 4.78 is 0. The SMILES string of the molecule is C=CCNc1n[nH]c2ccccc12. The third-order valence-corrected chi connectivity index (χ3v) is 1.88. The van der Waals surface area contributed by atoms with Crippen molar-refractivity contribution in [1.82, 2.24) is 10.2 Å². The van der Waals surface area contributed by atoms with Gasteiger partial charge in [-0.15, -0.1) is 6.58 Å². The topological polar surface area (TPSA) is 40.7 Å². The van der Waals surface area contributed by atoms with Crippen LogP contribution in [-0.4, -0.2) is 16.7 Å². The molecule has 0 bridgehead atoms. The number of aromatic amines is 1. The van der Waals surface area contributed by atoms with E-state index in [4.69, 9.17) is 0 Å². The first-order valence-electron chi connectivity index (χ1n) is 4.19. The zero-order valence-electron chi connectivity index (χ0n) is 7.25. The van der Waals surface area contributed by atoms with Crippen LogP contribution < -0.4 is 5.32 Å². The first-order valence-corrected chi connectivity index (χ1v) is 4.19. The lowest BCUT2D eigenvalue weighted by atomic mass is 10.2. The molecular weight excluding hydrogens is 162 g/mol. The lowest BCUT2D eigenvalue weighted by Crippen LogP contribution is -1.97. The van der Waals surface area contributed by atoms with E-state index < -0.39 is 0 Å². The first-order chi connectivity index (χ1) is 6.42. The van der Waals surface area contributed by atoms with E-state index in [0.29, 0.717) is 0 Å². The Balaban J connectivity index is 2.40. The maximum Gasteiger partial charge on any atom is 0.155 e. The van der Waals surface area contributed by atoms with E-state index in [0.717, 1.165) is 23.3 Å². The van der Waals surface area contributed by atoms with Crippen LogP contribution in [0.4, 0.5) is 5.82 Å². The molecule has 0 aliphatic carbocycles. The molecule has 0 saturated carbocycles. The Morgan fingerprint density at radius 3 is 3.15 bits per heavy atom. The van der Waals surface area contributed by atoms with Gasteiger partial charge in [0, 0.05) is 11.9 Å². The van der Waals surface area contributed by atoms with Gasteiger partial charge in [0.25, 0.3) is 0 Å². The average Bonchev–Trinajstić information content (AvgIpc) is 2.58. The molecule has 1 aromatic carbocycles. The summed E-state index contributed by atoms with van der Waals surface area (Å²) in [5.41, 5.74) is 1.05. The molecular formula is C10H11N3. The van der Waals surface area contributed by atoms with Gasteiger partial charge >= 0.3 is 0 Å². The molecule has 3 nitrogen and oxygen atoms in total. The summed E-state index contributed by atoms with van der Waals surface area (Å²) in [4.78, 5) is 0. The van der Waals surface area contributed by atoms with E-state index in [1.807, 2.05) is 30.3 Å². The fraction of sp³-hybridized carbons (Fsp3) is 0.100. The number of nitrogens with zero attached hydrogens (tertiary/aromatic N) is 1. The third kappa shape index (κ3) is 1.40. The number of anilines is 1. The van der Waals surface area contributed by atoms with Crippen molar-refractivity contribution in [3.8, 4) is 0 Å². The van der Waals surface area contributed by atoms with Crippen LogP contribution >= 0.6 is 0 Å². The minimum Gasteiger partial charge on any atom is -0.365 e. The number of aromatic nitrogens is 2. The highest BCUT2D eigenvalue weighted by molar-refractivity contribution is 5.89. The zero-order chi connectivity index (χ0) is 9.10. The van der Waals surface area contributed by atoms with Gasteiger partial charge in [0.15, 0.2) is 5.82 Å². The smallest absolute Gasteiger partial charge is 0.155 e. The molecule has 2 N–H and O–H groups in total. The van der Waals surface area contributed by atoms with Gasteiger partial charge in [-0.1, -0.05) is 18.2 Å². The minimum atomic E-state index is 0.731. The van der Waals surface area contributed by atoms with Crippen LogP contribution in [-0.2, 0) is 0 Å². The Morgan fingerprint density at radius 2 is 2.31 bits per heavy atom. The largest absolute Gasteiger partial charge is 0.365 e. The van der Waals surface area contributed by atoms with Crippen LogP contribution in [0.5, 0.6) is 0 Å². The van der Waals surface area contributed by atoms with Crippen LogP contribution in [0.15, 0.2) is 36.9 Å². The van der Waals surface area contributed by atoms with Gasteiger partial charge in [-0.3, -0.25) is 5.10 Å². The van der Waals surface area contributed by atoms with Crippen LogP contribution in [0.2, 0.25) is 0 Å². The number of H-pyrrole nitrogens is 1. The standard InChI is InChI=1S/C10H11N3/c1-2-7-11-10-8-5-3-4-6-9(8)12-13-10/h2-6H,1,7H2,(H2,11,12,13). The van der Waals surface area contributed by atoms with Gasteiger partial charge in [-0.2, -0.15) is 5.10 Å². The number of rotatable bonds is 3. The van der Waals surface area contributed by atoms with Crippen molar-refractivity contribution in [2.24, 2.45) is 0 Å². The molecule has 0 unspecified atom stereocenters. The van der Waals surface area contributed by atoms with E-state index in [2.05, 4.69) is 22.1 Å². The summed E-state index contributed by atoms with van der Waals surface area (Å²) in [5, 5.41) is 11.4. The maximum atomic E-state index is 4.15. The van der Waals surface area contributed by atoms with E-state index in [-0.39, 0.29) is 0 Å². The molecule has 0 fully saturated rings. The molecule has 0 aliphatic rings. The molecule has 0 spiro atoms. The minimum absolute atomic E-state index is 0.731. The van der Waals surface area contributed by atoms with Crippen LogP contribution in [0, 0.1) is 0 Å². The van der Waals surface area contributed by atoms with Gasteiger partial charge in [-0.05, 0) is 12.1 Å². The van der Waals surface area contributed by atoms with Crippen molar-refractivity contribution in [3.05, 3.63) is 36.9 Å². The van der Waals surface area contributed by atoms with E-state index >= 15 is 0 Å². The van der Waals surface area contributed by atoms with Crippen LogP contribution in [0.25, 0.3) is 10.9 Å². The number of hydrogen-bond acceptors (Lipinski definition) is 2. The quantitative estimate of drug-likeness (QED) is 0.698. The predicted octanol–water partition coefficient (Wildman–Crippen LogP) is 2.16. The van der Waals surface area contributed by atoms with Gasteiger partial charge in [-0.25, -0.2) is 0 Å². The molecule has 13 heavy (non-hydrogen) atoms. The molecule has 0 saturated heterocycles. The van der Waals surface area contributed by atoms with Crippen LogP contribution in [0.1, 0.15) is 0 Å². The van der Waals surface area contributed by atoms with Gasteiger partial charge in [0.05, 0.1) is 5.52 Å². The van der Waals surface area contributed by atoms with Crippen molar-refractivity contribution >= 4 is 16.7 Å².